The van der Waals surface area contributed by atoms with E-state index in [1.807, 2.05) is 32.6 Å². The van der Waals surface area contributed by atoms with Crippen LogP contribution in [0.3, 0.4) is 0 Å². The Morgan fingerprint density at radius 1 is 1.26 bits per heavy atom. The first-order chi connectivity index (χ1) is 10.4. The van der Waals surface area contributed by atoms with Gasteiger partial charge in [-0.1, -0.05) is 25.9 Å². The number of rotatable bonds is 3. The molecule has 2 rings (SSSR count). The van der Waals surface area contributed by atoms with Gasteiger partial charge < -0.3 is 15.2 Å². The van der Waals surface area contributed by atoms with Gasteiger partial charge >= 0.3 is 0 Å². The van der Waals surface area contributed by atoms with Crippen molar-refractivity contribution in [1.29, 1.82) is 0 Å². The van der Waals surface area contributed by atoms with Gasteiger partial charge in [-0.15, -0.1) is 0 Å². The highest BCUT2D eigenvalue weighted by molar-refractivity contribution is 5.88. The van der Waals surface area contributed by atoms with Gasteiger partial charge in [0.25, 0.3) is 0 Å². The van der Waals surface area contributed by atoms with Gasteiger partial charge in [0.05, 0.1) is 11.1 Å². The molecule has 2 N–H and O–H groups in total. The van der Waals surface area contributed by atoms with Crippen LogP contribution in [0.25, 0.3) is 0 Å². The van der Waals surface area contributed by atoms with Crippen molar-refractivity contribution >= 4 is 5.91 Å². The molecule has 5 nitrogen and oxygen atoms in total. The van der Waals surface area contributed by atoms with Gasteiger partial charge in [0.1, 0.15) is 5.76 Å². The summed E-state index contributed by atoms with van der Waals surface area (Å²) >= 11 is 0. The van der Waals surface area contributed by atoms with E-state index in [0.717, 1.165) is 30.0 Å². The molecule has 1 aliphatic rings. The van der Waals surface area contributed by atoms with Crippen molar-refractivity contribution in [3.63, 3.8) is 0 Å². The molecule has 2 heterocycles. The van der Waals surface area contributed by atoms with Gasteiger partial charge in [0.15, 0.2) is 0 Å². The number of hydrogen-bond donors (Lipinski definition) is 1. The second-order valence-corrected chi connectivity index (χ2v) is 8.72. The molecular weight excluding hydrogens is 290 g/mol. The molecule has 1 amide bonds. The Balaban J connectivity index is 2.18. The zero-order valence-electron chi connectivity index (χ0n) is 15.6. The average Bonchev–Trinajstić information content (AvgIpc) is 2.91. The fourth-order valence-electron chi connectivity index (χ4n) is 3.94. The van der Waals surface area contributed by atoms with Crippen molar-refractivity contribution in [3.05, 3.63) is 17.0 Å². The second-order valence-electron chi connectivity index (χ2n) is 8.72. The molecular formula is C18H31N3O2. The molecule has 130 valence electrons. The second kappa shape index (κ2) is 5.93. The molecule has 0 bridgehead atoms. The Labute approximate surface area is 139 Å². The third-order valence-corrected chi connectivity index (χ3v) is 4.85. The van der Waals surface area contributed by atoms with Crippen molar-refractivity contribution < 1.29 is 9.32 Å². The maximum atomic E-state index is 13.1. The SMILES string of the molecule is Cc1noc(C)c1C(C)(C)C(=O)N1C[C@@H](CC(C)(C)C)[C@H](N)C1. The number of carbonyl (C=O) groups is 1. The van der Waals surface area contributed by atoms with Crippen LogP contribution < -0.4 is 5.73 Å². The first kappa shape index (κ1) is 18.0. The molecule has 2 atom stereocenters. The zero-order valence-corrected chi connectivity index (χ0v) is 15.6. The van der Waals surface area contributed by atoms with E-state index in [1.165, 1.54) is 0 Å². The minimum absolute atomic E-state index is 0.0543. The molecule has 1 aromatic rings. The topological polar surface area (TPSA) is 72.4 Å². The lowest BCUT2D eigenvalue weighted by molar-refractivity contribution is -0.135. The number of amides is 1. The van der Waals surface area contributed by atoms with Crippen molar-refractivity contribution in [3.8, 4) is 0 Å². The molecule has 1 saturated heterocycles. The van der Waals surface area contributed by atoms with Crippen molar-refractivity contribution in [1.82, 2.24) is 10.1 Å². The predicted molar refractivity (Wildman–Crippen MR) is 91.1 cm³/mol. The van der Waals surface area contributed by atoms with E-state index >= 15 is 0 Å². The number of hydrogen-bond acceptors (Lipinski definition) is 4. The molecule has 1 aliphatic heterocycles. The largest absolute Gasteiger partial charge is 0.361 e. The maximum Gasteiger partial charge on any atom is 0.232 e. The third-order valence-electron chi connectivity index (χ3n) is 4.85. The number of carbonyl (C=O) groups excluding carboxylic acids is 1. The molecule has 0 aliphatic carbocycles. The Kier molecular flexibility index (Phi) is 4.64. The zero-order chi connectivity index (χ0) is 17.6. The predicted octanol–water partition coefficient (Wildman–Crippen LogP) is 2.79. The summed E-state index contributed by atoms with van der Waals surface area (Å²) in [6.45, 7) is 15.7. The van der Waals surface area contributed by atoms with Crippen LogP contribution in [-0.2, 0) is 10.2 Å². The van der Waals surface area contributed by atoms with Crippen LogP contribution in [0.15, 0.2) is 4.52 Å². The van der Waals surface area contributed by atoms with E-state index in [9.17, 15) is 4.79 Å². The summed E-state index contributed by atoms with van der Waals surface area (Å²) in [6, 6.07) is 0.0543. The lowest BCUT2D eigenvalue weighted by atomic mass is 9.81. The van der Waals surface area contributed by atoms with Crippen molar-refractivity contribution in [2.45, 2.75) is 66.3 Å². The standard InChI is InChI=1S/C18H31N3O2/c1-11-15(12(2)23-20-11)18(6,7)16(22)21-9-13(14(19)10-21)8-17(3,4)5/h13-14H,8-10,19H2,1-7H3/t13-,14-/m1/s1. The molecule has 1 aromatic heterocycles. The van der Waals surface area contributed by atoms with E-state index in [-0.39, 0.29) is 17.4 Å². The molecule has 0 saturated carbocycles. The summed E-state index contributed by atoms with van der Waals surface area (Å²) in [4.78, 5) is 15.1. The fourth-order valence-corrected chi connectivity index (χ4v) is 3.94. The Bertz CT molecular complexity index is 564. The van der Waals surface area contributed by atoms with Gasteiger partial charge in [-0.05, 0) is 45.4 Å². The number of nitrogens with two attached hydrogens (primary N) is 1. The summed E-state index contributed by atoms with van der Waals surface area (Å²) in [5, 5.41) is 4.00. The van der Waals surface area contributed by atoms with Crippen molar-refractivity contribution in [2.24, 2.45) is 17.1 Å². The first-order valence-corrected chi connectivity index (χ1v) is 8.42. The number of nitrogens with zero attached hydrogens (tertiary/aromatic N) is 2. The van der Waals surface area contributed by atoms with Crippen LogP contribution in [-0.4, -0.2) is 35.1 Å². The van der Waals surface area contributed by atoms with E-state index in [4.69, 9.17) is 10.3 Å². The minimum Gasteiger partial charge on any atom is -0.361 e. The molecule has 5 heteroatoms. The molecule has 1 fully saturated rings. The molecule has 0 unspecified atom stereocenters. The molecule has 0 radical (unpaired) electrons. The van der Waals surface area contributed by atoms with E-state index < -0.39 is 5.41 Å². The van der Waals surface area contributed by atoms with Crippen molar-refractivity contribution in [2.75, 3.05) is 13.1 Å². The summed E-state index contributed by atoms with van der Waals surface area (Å²) in [5.41, 5.74) is 7.57. The van der Waals surface area contributed by atoms with Crippen LogP contribution in [0.1, 0.15) is 58.1 Å². The van der Waals surface area contributed by atoms with Crippen LogP contribution in [0.4, 0.5) is 0 Å². The number of aryl methyl sites for hydroxylation is 2. The summed E-state index contributed by atoms with van der Waals surface area (Å²) in [6.07, 6.45) is 1.03. The average molecular weight is 321 g/mol. The van der Waals surface area contributed by atoms with Gasteiger partial charge in [-0.3, -0.25) is 4.79 Å². The highest BCUT2D eigenvalue weighted by Gasteiger charge is 2.43. The number of likely N-dealkylation sites (tertiary alicyclic amines) is 1. The third kappa shape index (κ3) is 3.60. The van der Waals surface area contributed by atoms with Gasteiger partial charge in [0.2, 0.25) is 5.91 Å². The van der Waals surface area contributed by atoms with Gasteiger partial charge in [-0.2, -0.15) is 0 Å². The van der Waals surface area contributed by atoms with E-state index in [1.54, 1.807) is 0 Å². The smallest absolute Gasteiger partial charge is 0.232 e. The first-order valence-electron chi connectivity index (χ1n) is 8.42. The lowest BCUT2D eigenvalue weighted by Crippen LogP contribution is -2.43. The normalized spacial score (nSPS) is 22.7. The number of aromatic nitrogens is 1. The summed E-state index contributed by atoms with van der Waals surface area (Å²) < 4.78 is 5.26. The van der Waals surface area contributed by atoms with Crippen LogP contribution >= 0.6 is 0 Å². The highest BCUT2D eigenvalue weighted by Crippen LogP contribution is 2.35. The molecule has 0 aromatic carbocycles. The van der Waals surface area contributed by atoms with Crippen LogP contribution in [0.2, 0.25) is 0 Å². The van der Waals surface area contributed by atoms with Crippen LogP contribution in [0.5, 0.6) is 0 Å². The monoisotopic (exact) mass is 321 g/mol. The van der Waals surface area contributed by atoms with E-state index in [0.29, 0.717) is 12.5 Å². The molecule has 0 spiro atoms. The van der Waals surface area contributed by atoms with Gasteiger partial charge in [-0.25, -0.2) is 0 Å². The maximum absolute atomic E-state index is 13.1. The Hall–Kier alpha value is -1.36. The summed E-state index contributed by atoms with van der Waals surface area (Å²) in [5.74, 6) is 1.19. The van der Waals surface area contributed by atoms with Crippen LogP contribution in [0, 0.1) is 25.2 Å². The minimum atomic E-state index is -0.648. The summed E-state index contributed by atoms with van der Waals surface area (Å²) in [7, 11) is 0. The lowest BCUT2D eigenvalue weighted by Gasteiger charge is -2.30. The van der Waals surface area contributed by atoms with Gasteiger partial charge in [0, 0.05) is 24.7 Å². The highest BCUT2D eigenvalue weighted by atomic mass is 16.5. The molecule has 23 heavy (non-hydrogen) atoms. The fraction of sp³-hybridized carbons (Fsp3) is 0.778. The van der Waals surface area contributed by atoms with E-state index in [2.05, 4.69) is 25.9 Å². The Morgan fingerprint density at radius 2 is 1.87 bits per heavy atom. The Morgan fingerprint density at radius 3 is 2.35 bits per heavy atom. The quantitative estimate of drug-likeness (QED) is 0.929.